The van der Waals surface area contributed by atoms with Gasteiger partial charge in [0.2, 0.25) is 0 Å². The van der Waals surface area contributed by atoms with E-state index in [1.807, 2.05) is 0 Å². The van der Waals surface area contributed by atoms with E-state index in [0.717, 1.165) is 33.0 Å². The molecule has 1 aromatic heterocycles. The Bertz CT molecular complexity index is 1150. The van der Waals surface area contributed by atoms with Crippen LogP contribution in [0.4, 0.5) is 0 Å². The van der Waals surface area contributed by atoms with Gasteiger partial charge >= 0.3 is 17.1 Å². The summed E-state index contributed by atoms with van der Waals surface area (Å²) < 4.78 is 20.3. The molecule has 12 nitrogen and oxygen atoms in total. The number of hydrogen-bond donors (Lipinski definition) is 6. The summed E-state index contributed by atoms with van der Waals surface area (Å²) in [7, 11) is 0. The summed E-state index contributed by atoms with van der Waals surface area (Å²) in [6, 6.07) is 0. The van der Waals surface area contributed by atoms with E-state index in [4.69, 9.17) is 50.9 Å². The maximum absolute atomic E-state index is 13.8. The summed E-state index contributed by atoms with van der Waals surface area (Å²) in [6.45, 7) is 13.7. The van der Waals surface area contributed by atoms with Crippen molar-refractivity contribution in [2.75, 3.05) is 36.9 Å². The lowest BCUT2D eigenvalue weighted by Crippen LogP contribution is -2.58. The third kappa shape index (κ3) is 17.0. The minimum atomic E-state index is -0.849. The molecule has 0 saturated carbocycles. The SMILES string of the molecule is CC(C)CCNC(=S)OC(CS)Cn1c(=O)n(CC(CS)OC(=S)NCCC(C)C)c(=O)n(CC(CS)OC(=S)NCCC(C)C)c1=O. The Morgan fingerprint density at radius 1 is 0.542 bits per heavy atom. The van der Waals surface area contributed by atoms with Gasteiger partial charge in [-0.1, -0.05) is 41.5 Å². The number of ether oxygens (including phenoxy) is 3. The quantitative estimate of drug-likeness (QED) is 0.0811. The van der Waals surface area contributed by atoms with Crippen molar-refractivity contribution in [1.29, 1.82) is 0 Å². The van der Waals surface area contributed by atoms with Crippen LogP contribution in [0.3, 0.4) is 0 Å². The minimum Gasteiger partial charge on any atom is -0.465 e. The van der Waals surface area contributed by atoms with Gasteiger partial charge in [-0.2, -0.15) is 37.9 Å². The number of nitrogens with one attached hydrogen (secondary N) is 3. The molecule has 0 aromatic carbocycles. The first kappa shape index (κ1) is 44.6. The molecule has 0 amide bonds. The van der Waals surface area contributed by atoms with Crippen LogP contribution in [0, 0.1) is 17.8 Å². The molecule has 0 aliphatic rings. The lowest BCUT2D eigenvalue weighted by Gasteiger charge is -2.24. The fourth-order valence-corrected chi connectivity index (χ4v) is 5.41. The van der Waals surface area contributed by atoms with Crippen LogP contribution in [-0.4, -0.2) is 84.4 Å². The Hall–Kier alpha value is -1.47. The second-order valence-electron chi connectivity index (χ2n) is 12.6. The van der Waals surface area contributed by atoms with Gasteiger partial charge in [0, 0.05) is 36.9 Å². The molecule has 3 atom stereocenters. The third-order valence-electron chi connectivity index (χ3n) is 6.95. The lowest BCUT2D eigenvalue weighted by molar-refractivity contribution is 0.159. The molecule has 1 aromatic rings. The van der Waals surface area contributed by atoms with Crippen LogP contribution in [-0.2, 0) is 33.8 Å². The Labute approximate surface area is 317 Å². The van der Waals surface area contributed by atoms with Gasteiger partial charge in [-0.15, -0.1) is 0 Å². The molecule has 0 saturated heterocycles. The number of thiol groups is 3. The van der Waals surface area contributed by atoms with Crippen LogP contribution in [0.25, 0.3) is 0 Å². The molecule has 0 aliphatic heterocycles. The first-order chi connectivity index (χ1) is 22.6. The summed E-state index contributed by atoms with van der Waals surface area (Å²) in [4.78, 5) is 41.4. The summed E-state index contributed by atoms with van der Waals surface area (Å²) in [6.07, 6.45) is 0.338. The van der Waals surface area contributed by atoms with Crippen molar-refractivity contribution in [3.05, 3.63) is 31.5 Å². The number of aromatic nitrogens is 3. The van der Waals surface area contributed by atoms with Gasteiger partial charge in [-0.3, -0.25) is 0 Å². The summed E-state index contributed by atoms with van der Waals surface area (Å²) in [5.74, 6) is 1.79. The fourth-order valence-electron chi connectivity index (χ4n) is 4.13. The maximum atomic E-state index is 13.8. The van der Waals surface area contributed by atoms with Crippen LogP contribution < -0.4 is 33.0 Å². The van der Waals surface area contributed by atoms with E-state index in [1.54, 1.807) is 0 Å². The van der Waals surface area contributed by atoms with Crippen molar-refractivity contribution in [1.82, 2.24) is 29.7 Å². The molecular formula is C30H54N6O6S6. The molecule has 18 heteroatoms. The third-order valence-corrected chi connectivity index (χ3v) is 8.89. The Balaban J connectivity index is 3.45. The number of rotatable bonds is 21. The zero-order valence-corrected chi connectivity index (χ0v) is 33.9. The predicted octanol–water partition coefficient (Wildman–Crippen LogP) is 2.88. The van der Waals surface area contributed by atoms with Crippen molar-refractivity contribution in [3.63, 3.8) is 0 Å². The van der Waals surface area contributed by atoms with Crippen molar-refractivity contribution in [3.8, 4) is 0 Å². The molecule has 3 N–H and O–H groups in total. The van der Waals surface area contributed by atoms with Crippen molar-refractivity contribution in [2.45, 2.75) is 98.8 Å². The Kier molecular flexibility index (Phi) is 22.1. The van der Waals surface area contributed by atoms with Crippen LogP contribution in [0.5, 0.6) is 0 Å². The van der Waals surface area contributed by atoms with E-state index in [9.17, 15) is 14.4 Å². The largest absolute Gasteiger partial charge is 0.465 e. The normalized spacial score (nSPS) is 13.2. The highest BCUT2D eigenvalue weighted by Crippen LogP contribution is 2.05. The second kappa shape index (κ2) is 23.8. The van der Waals surface area contributed by atoms with Crippen LogP contribution >= 0.6 is 74.5 Å². The molecule has 0 bridgehead atoms. The van der Waals surface area contributed by atoms with Gasteiger partial charge in [0.05, 0.1) is 19.6 Å². The number of nitrogens with zero attached hydrogens (tertiary/aromatic N) is 3. The number of hydrogen-bond acceptors (Lipinski definition) is 12. The smallest absolute Gasteiger partial charge is 0.336 e. The molecule has 0 fully saturated rings. The van der Waals surface area contributed by atoms with Gasteiger partial charge in [0.1, 0.15) is 18.3 Å². The first-order valence-electron chi connectivity index (χ1n) is 16.2. The van der Waals surface area contributed by atoms with Gasteiger partial charge < -0.3 is 30.2 Å². The van der Waals surface area contributed by atoms with Gasteiger partial charge in [0.25, 0.3) is 15.5 Å². The molecule has 3 unspecified atom stereocenters. The van der Waals surface area contributed by atoms with Crippen molar-refractivity contribution in [2.24, 2.45) is 17.8 Å². The lowest BCUT2D eigenvalue weighted by atomic mass is 10.1. The summed E-state index contributed by atoms with van der Waals surface area (Å²) in [5.41, 5.74) is -2.55. The molecule has 276 valence electrons. The maximum Gasteiger partial charge on any atom is 0.336 e. The standard InChI is InChI=1S/C30H54N6O6S6/c1-19(2)7-10-31-25(46)40-22(16-43)13-34-28(37)35(14-23(17-44)41-26(47)32-11-8-20(3)4)30(39)36(29(34)38)15-24(18-45)42-27(48)33-12-9-21(5)6/h19-24,43-45H,7-18H2,1-6H3,(H,31,46)(H,32,47)(H,33,48). The predicted molar refractivity (Wildman–Crippen MR) is 216 cm³/mol. The molecule has 1 heterocycles. The highest BCUT2D eigenvalue weighted by Gasteiger charge is 2.25. The van der Waals surface area contributed by atoms with Crippen molar-refractivity contribution >= 4 is 90.1 Å². The van der Waals surface area contributed by atoms with E-state index in [0.29, 0.717) is 37.4 Å². The zero-order valence-electron chi connectivity index (χ0n) is 28.8. The zero-order chi connectivity index (χ0) is 36.4. The van der Waals surface area contributed by atoms with Crippen LogP contribution in [0.1, 0.15) is 60.8 Å². The van der Waals surface area contributed by atoms with E-state index in [-0.39, 0.29) is 52.4 Å². The average molecular weight is 787 g/mol. The van der Waals surface area contributed by atoms with Crippen molar-refractivity contribution < 1.29 is 14.2 Å². The Morgan fingerprint density at radius 2 is 0.771 bits per heavy atom. The summed E-state index contributed by atoms with van der Waals surface area (Å²) in [5, 5.41) is 9.48. The van der Waals surface area contributed by atoms with E-state index >= 15 is 0 Å². The highest BCUT2D eigenvalue weighted by atomic mass is 32.1. The van der Waals surface area contributed by atoms with Crippen LogP contribution in [0.2, 0.25) is 0 Å². The second-order valence-corrected chi connectivity index (χ2v) is 14.8. The van der Waals surface area contributed by atoms with E-state index in [1.165, 1.54) is 0 Å². The average Bonchev–Trinajstić information content (AvgIpc) is 3.00. The first-order valence-corrected chi connectivity index (χ1v) is 19.4. The van der Waals surface area contributed by atoms with Gasteiger partial charge in [0.15, 0.2) is 0 Å². The van der Waals surface area contributed by atoms with Gasteiger partial charge in [-0.25, -0.2) is 28.1 Å². The molecule has 48 heavy (non-hydrogen) atoms. The molecular weight excluding hydrogens is 733 g/mol. The van der Waals surface area contributed by atoms with E-state index < -0.39 is 35.4 Å². The highest BCUT2D eigenvalue weighted by molar-refractivity contribution is 7.81. The van der Waals surface area contributed by atoms with Gasteiger partial charge in [-0.05, 0) is 73.7 Å². The Morgan fingerprint density at radius 3 is 0.958 bits per heavy atom. The van der Waals surface area contributed by atoms with E-state index in [2.05, 4.69) is 95.4 Å². The molecule has 0 aliphatic carbocycles. The fraction of sp³-hybridized carbons (Fsp3) is 0.800. The number of thiocarbonyl (C=S) groups is 3. The molecule has 0 spiro atoms. The molecule has 0 radical (unpaired) electrons. The van der Waals surface area contributed by atoms with Crippen LogP contribution in [0.15, 0.2) is 14.4 Å². The topological polar surface area (TPSA) is 130 Å². The summed E-state index contributed by atoms with van der Waals surface area (Å²) >= 11 is 29.1. The molecule has 1 rings (SSSR count). The minimum absolute atomic E-state index is 0.125. The monoisotopic (exact) mass is 786 g/mol.